The minimum absolute atomic E-state index is 0.0355. The molecule has 2 rings (SSSR count). The summed E-state index contributed by atoms with van der Waals surface area (Å²) in [5.41, 5.74) is 5.74. The zero-order valence-corrected chi connectivity index (χ0v) is 11.6. The lowest BCUT2D eigenvalue weighted by molar-refractivity contribution is -0.160. The fourth-order valence-electron chi connectivity index (χ4n) is 3.66. The van der Waals surface area contributed by atoms with Crippen molar-refractivity contribution in [1.82, 2.24) is 0 Å². The van der Waals surface area contributed by atoms with Crippen molar-refractivity contribution in [3.63, 3.8) is 0 Å². The Morgan fingerprint density at radius 1 is 1.11 bits per heavy atom. The second-order valence-electron chi connectivity index (χ2n) is 5.96. The molecule has 0 aromatic carbocycles. The highest BCUT2D eigenvalue weighted by atomic mass is 16.5. The molecule has 3 heteroatoms. The Hall–Kier alpha value is -0.570. The molecule has 0 bridgehead atoms. The number of hydrogen-bond acceptors (Lipinski definition) is 3. The summed E-state index contributed by atoms with van der Waals surface area (Å²) >= 11 is 0. The maximum absolute atomic E-state index is 12.3. The highest BCUT2D eigenvalue weighted by molar-refractivity contribution is 5.73. The summed E-state index contributed by atoms with van der Waals surface area (Å²) in [6.07, 6.45) is 9.29. The van der Waals surface area contributed by atoms with Crippen LogP contribution in [0.2, 0.25) is 0 Å². The molecule has 104 valence electrons. The van der Waals surface area contributed by atoms with Crippen LogP contribution in [0.3, 0.4) is 0 Å². The van der Waals surface area contributed by atoms with Crippen molar-refractivity contribution < 1.29 is 9.53 Å². The molecule has 2 fully saturated rings. The van der Waals surface area contributed by atoms with E-state index in [2.05, 4.69) is 6.92 Å². The van der Waals surface area contributed by atoms with E-state index in [1.54, 1.807) is 0 Å². The molecule has 2 aliphatic rings. The van der Waals surface area contributed by atoms with E-state index in [-0.39, 0.29) is 18.0 Å². The second kappa shape index (κ2) is 6.55. The molecule has 18 heavy (non-hydrogen) atoms. The van der Waals surface area contributed by atoms with E-state index in [0.717, 1.165) is 32.1 Å². The molecule has 2 N–H and O–H groups in total. The molecular formula is C15H27NO2. The zero-order chi connectivity index (χ0) is 13.0. The van der Waals surface area contributed by atoms with Crippen molar-refractivity contribution >= 4 is 5.97 Å². The normalized spacial score (nSPS) is 36.6. The number of esters is 1. The van der Waals surface area contributed by atoms with Gasteiger partial charge in [-0.2, -0.15) is 0 Å². The van der Waals surface area contributed by atoms with Crippen molar-refractivity contribution in [3.8, 4) is 0 Å². The van der Waals surface area contributed by atoms with Gasteiger partial charge in [0.25, 0.3) is 0 Å². The summed E-state index contributed by atoms with van der Waals surface area (Å²) in [7, 11) is 0. The van der Waals surface area contributed by atoms with Crippen LogP contribution in [0.1, 0.15) is 58.3 Å². The molecule has 0 saturated heterocycles. The molecule has 0 aromatic rings. The Bertz CT molecular complexity index is 280. The SMILES string of the molecule is CCC1CCCCC1OC(=O)C1CCCC1CN. The number of ether oxygens (including phenoxy) is 1. The molecule has 0 amide bonds. The largest absolute Gasteiger partial charge is 0.462 e. The third-order valence-corrected chi connectivity index (χ3v) is 4.90. The second-order valence-corrected chi connectivity index (χ2v) is 5.96. The molecule has 4 unspecified atom stereocenters. The van der Waals surface area contributed by atoms with Crippen LogP contribution in [0.4, 0.5) is 0 Å². The number of nitrogens with two attached hydrogens (primary N) is 1. The lowest BCUT2D eigenvalue weighted by Gasteiger charge is -2.31. The maximum Gasteiger partial charge on any atom is 0.309 e. The van der Waals surface area contributed by atoms with Gasteiger partial charge in [0, 0.05) is 0 Å². The molecule has 2 aliphatic carbocycles. The van der Waals surface area contributed by atoms with Gasteiger partial charge in [-0.1, -0.05) is 19.8 Å². The van der Waals surface area contributed by atoms with Gasteiger partial charge in [0.2, 0.25) is 0 Å². The van der Waals surface area contributed by atoms with Gasteiger partial charge >= 0.3 is 5.97 Å². The van der Waals surface area contributed by atoms with E-state index in [1.165, 1.54) is 19.3 Å². The summed E-state index contributed by atoms with van der Waals surface area (Å²) in [5, 5.41) is 0. The van der Waals surface area contributed by atoms with E-state index < -0.39 is 0 Å². The summed E-state index contributed by atoms with van der Waals surface area (Å²) in [6.45, 7) is 2.83. The molecule has 0 spiro atoms. The number of carbonyl (C=O) groups excluding carboxylic acids is 1. The van der Waals surface area contributed by atoms with Gasteiger partial charge in [0.1, 0.15) is 6.10 Å². The van der Waals surface area contributed by atoms with Crippen molar-refractivity contribution in [2.24, 2.45) is 23.5 Å². The van der Waals surface area contributed by atoms with E-state index in [0.29, 0.717) is 18.4 Å². The molecular weight excluding hydrogens is 226 g/mol. The van der Waals surface area contributed by atoms with Crippen molar-refractivity contribution in [2.45, 2.75) is 64.4 Å². The molecule has 0 aliphatic heterocycles. The first-order valence-corrected chi connectivity index (χ1v) is 7.66. The van der Waals surface area contributed by atoms with E-state index >= 15 is 0 Å². The van der Waals surface area contributed by atoms with Crippen LogP contribution >= 0.6 is 0 Å². The minimum atomic E-state index is 0.0355. The lowest BCUT2D eigenvalue weighted by Crippen LogP contribution is -2.34. The Labute approximate surface area is 110 Å². The van der Waals surface area contributed by atoms with Gasteiger partial charge in [0.15, 0.2) is 0 Å². The summed E-state index contributed by atoms with van der Waals surface area (Å²) < 4.78 is 5.82. The average molecular weight is 253 g/mol. The van der Waals surface area contributed by atoms with Gasteiger partial charge in [-0.15, -0.1) is 0 Å². The van der Waals surface area contributed by atoms with Gasteiger partial charge in [-0.25, -0.2) is 0 Å². The number of hydrogen-bond donors (Lipinski definition) is 1. The standard InChI is InChI=1S/C15H27NO2/c1-2-11-6-3-4-9-14(11)18-15(17)13-8-5-7-12(13)10-16/h11-14H,2-10,16H2,1H3. The van der Waals surface area contributed by atoms with E-state index in [9.17, 15) is 4.79 Å². The molecule has 0 radical (unpaired) electrons. The van der Waals surface area contributed by atoms with Crippen molar-refractivity contribution in [3.05, 3.63) is 0 Å². The predicted molar refractivity (Wildman–Crippen MR) is 72.0 cm³/mol. The quantitative estimate of drug-likeness (QED) is 0.784. The van der Waals surface area contributed by atoms with Crippen LogP contribution in [0.15, 0.2) is 0 Å². The van der Waals surface area contributed by atoms with Gasteiger partial charge in [-0.3, -0.25) is 4.79 Å². The van der Waals surface area contributed by atoms with Gasteiger partial charge in [-0.05, 0) is 56.9 Å². The Kier molecular flexibility index (Phi) is 5.04. The third-order valence-electron chi connectivity index (χ3n) is 4.90. The summed E-state index contributed by atoms with van der Waals surface area (Å²) in [5.74, 6) is 1.06. The van der Waals surface area contributed by atoms with Crippen LogP contribution in [0, 0.1) is 17.8 Å². The minimum Gasteiger partial charge on any atom is -0.462 e. The Morgan fingerprint density at radius 2 is 1.83 bits per heavy atom. The number of carbonyl (C=O) groups is 1. The van der Waals surface area contributed by atoms with Crippen molar-refractivity contribution in [1.29, 1.82) is 0 Å². The van der Waals surface area contributed by atoms with Crippen LogP contribution in [0.25, 0.3) is 0 Å². The highest BCUT2D eigenvalue weighted by Crippen LogP contribution is 2.35. The van der Waals surface area contributed by atoms with Gasteiger partial charge < -0.3 is 10.5 Å². The van der Waals surface area contributed by atoms with Crippen LogP contribution < -0.4 is 5.73 Å². The third kappa shape index (κ3) is 3.05. The van der Waals surface area contributed by atoms with Crippen LogP contribution in [0.5, 0.6) is 0 Å². The summed E-state index contributed by atoms with van der Waals surface area (Å²) in [4.78, 5) is 12.3. The molecule has 0 heterocycles. The maximum atomic E-state index is 12.3. The summed E-state index contributed by atoms with van der Waals surface area (Å²) in [6, 6.07) is 0. The first-order valence-electron chi connectivity index (χ1n) is 7.66. The average Bonchev–Trinajstić information content (AvgIpc) is 2.87. The monoisotopic (exact) mass is 253 g/mol. The highest BCUT2D eigenvalue weighted by Gasteiger charge is 2.36. The fourth-order valence-corrected chi connectivity index (χ4v) is 3.66. The first kappa shape index (κ1) is 13.9. The molecule has 3 nitrogen and oxygen atoms in total. The van der Waals surface area contributed by atoms with Crippen molar-refractivity contribution in [2.75, 3.05) is 6.54 Å². The van der Waals surface area contributed by atoms with Crippen LogP contribution in [-0.2, 0) is 9.53 Å². The molecule has 4 atom stereocenters. The van der Waals surface area contributed by atoms with E-state index in [1.807, 2.05) is 0 Å². The predicted octanol–water partition coefficient (Wildman–Crippen LogP) is 2.87. The van der Waals surface area contributed by atoms with E-state index in [4.69, 9.17) is 10.5 Å². The smallest absolute Gasteiger partial charge is 0.309 e. The Balaban J connectivity index is 1.89. The molecule has 2 saturated carbocycles. The lowest BCUT2D eigenvalue weighted by atomic mass is 9.84. The Morgan fingerprint density at radius 3 is 2.56 bits per heavy atom. The topological polar surface area (TPSA) is 52.3 Å². The fraction of sp³-hybridized carbons (Fsp3) is 0.933. The molecule has 0 aromatic heterocycles. The first-order chi connectivity index (χ1) is 8.76. The zero-order valence-electron chi connectivity index (χ0n) is 11.6. The number of rotatable bonds is 4. The van der Waals surface area contributed by atoms with Gasteiger partial charge in [0.05, 0.1) is 5.92 Å². The van der Waals surface area contributed by atoms with Crippen LogP contribution in [-0.4, -0.2) is 18.6 Å².